The van der Waals surface area contributed by atoms with Crippen LogP contribution in [0, 0.1) is 0 Å². The topological polar surface area (TPSA) is 26.8 Å². The van der Waals surface area contributed by atoms with Gasteiger partial charge >= 0.3 is 6.03 Å². The summed E-state index contributed by atoms with van der Waals surface area (Å²) in [5, 5.41) is 0. The third-order valence-corrected chi connectivity index (χ3v) is 4.31. The number of piperazine rings is 1. The molecule has 4 nitrogen and oxygen atoms in total. The van der Waals surface area contributed by atoms with Gasteiger partial charge in [0.2, 0.25) is 0 Å². The zero-order valence-electron chi connectivity index (χ0n) is 10.5. The van der Waals surface area contributed by atoms with Gasteiger partial charge < -0.3 is 14.7 Å². The first kappa shape index (κ1) is 11.1. The van der Waals surface area contributed by atoms with Crippen LogP contribution < -0.4 is 0 Å². The zero-order chi connectivity index (χ0) is 11.8. The van der Waals surface area contributed by atoms with E-state index < -0.39 is 0 Å². The van der Waals surface area contributed by atoms with Crippen molar-refractivity contribution in [1.82, 2.24) is 14.7 Å². The molecule has 3 heterocycles. The molecule has 2 unspecified atom stereocenters. The summed E-state index contributed by atoms with van der Waals surface area (Å²) in [6.07, 6.45) is 7.85. The fraction of sp³-hybridized carbons (Fsp3) is 0.769. The highest BCUT2D eigenvalue weighted by molar-refractivity contribution is 5.76. The van der Waals surface area contributed by atoms with Gasteiger partial charge in [-0.05, 0) is 26.3 Å². The number of nitrogens with zero attached hydrogens (tertiary/aromatic N) is 3. The highest BCUT2D eigenvalue weighted by Crippen LogP contribution is 2.32. The molecule has 0 aromatic rings. The number of carbonyl (C=O) groups is 1. The molecule has 0 aromatic heterocycles. The molecule has 0 saturated carbocycles. The Hall–Kier alpha value is -1.03. The third kappa shape index (κ3) is 1.95. The lowest BCUT2D eigenvalue weighted by Gasteiger charge is -2.39. The van der Waals surface area contributed by atoms with Gasteiger partial charge in [0.05, 0.1) is 6.04 Å². The Balaban J connectivity index is 1.68. The number of amides is 2. The van der Waals surface area contributed by atoms with Gasteiger partial charge in [0, 0.05) is 32.2 Å². The van der Waals surface area contributed by atoms with Crippen molar-refractivity contribution in [3.8, 4) is 0 Å². The monoisotopic (exact) mass is 235 g/mol. The molecule has 2 amide bonds. The van der Waals surface area contributed by atoms with E-state index in [-0.39, 0.29) is 6.03 Å². The lowest BCUT2D eigenvalue weighted by atomic mass is 10.1. The average molecular weight is 235 g/mol. The van der Waals surface area contributed by atoms with Gasteiger partial charge in [0.25, 0.3) is 0 Å². The van der Waals surface area contributed by atoms with E-state index in [1.54, 1.807) is 0 Å². The van der Waals surface area contributed by atoms with Crippen LogP contribution in [0.3, 0.4) is 0 Å². The van der Waals surface area contributed by atoms with Crippen molar-refractivity contribution in [2.45, 2.75) is 31.3 Å². The van der Waals surface area contributed by atoms with Crippen molar-refractivity contribution in [3.63, 3.8) is 0 Å². The Morgan fingerprint density at radius 3 is 2.65 bits per heavy atom. The zero-order valence-corrected chi connectivity index (χ0v) is 10.5. The summed E-state index contributed by atoms with van der Waals surface area (Å²) in [7, 11) is 2.12. The second kappa shape index (κ2) is 4.33. The molecule has 94 valence electrons. The van der Waals surface area contributed by atoms with Crippen molar-refractivity contribution in [1.29, 1.82) is 0 Å². The smallest absolute Gasteiger partial charge is 0.320 e. The minimum Gasteiger partial charge on any atom is -0.322 e. The highest BCUT2D eigenvalue weighted by atomic mass is 16.2. The van der Waals surface area contributed by atoms with E-state index in [1.807, 2.05) is 4.90 Å². The number of hydrogen-bond donors (Lipinski definition) is 0. The van der Waals surface area contributed by atoms with Crippen LogP contribution in [-0.4, -0.2) is 66.0 Å². The van der Waals surface area contributed by atoms with E-state index in [9.17, 15) is 4.79 Å². The quantitative estimate of drug-likeness (QED) is 0.589. The van der Waals surface area contributed by atoms with E-state index >= 15 is 0 Å². The summed E-state index contributed by atoms with van der Waals surface area (Å²) in [4.78, 5) is 19.0. The van der Waals surface area contributed by atoms with Crippen molar-refractivity contribution in [2.75, 3.05) is 33.2 Å². The second-order valence-electron chi connectivity index (χ2n) is 5.44. The molecule has 2 bridgehead atoms. The normalized spacial score (nSPS) is 33.2. The van der Waals surface area contributed by atoms with E-state index in [0.717, 1.165) is 39.0 Å². The predicted molar refractivity (Wildman–Crippen MR) is 66.9 cm³/mol. The number of urea groups is 1. The lowest BCUT2D eigenvalue weighted by molar-refractivity contribution is 0.110. The fourth-order valence-electron chi connectivity index (χ4n) is 3.18. The summed E-state index contributed by atoms with van der Waals surface area (Å²) in [6, 6.07) is 1.12. The molecule has 0 radical (unpaired) electrons. The molecule has 17 heavy (non-hydrogen) atoms. The molecule has 0 N–H and O–H groups in total. The molecule has 2 saturated heterocycles. The molecule has 2 atom stereocenters. The molecule has 3 aliphatic heterocycles. The van der Waals surface area contributed by atoms with Crippen LogP contribution in [-0.2, 0) is 0 Å². The van der Waals surface area contributed by atoms with Crippen molar-refractivity contribution in [2.24, 2.45) is 0 Å². The van der Waals surface area contributed by atoms with E-state index in [2.05, 4.69) is 29.0 Å². The number of rotatable bonds is 0. The molecule has 0 aromatic carbocycles. The van der Waals surface area contributed by atoms with Gasteiger partial charge in [-0.3, -0.25) is 0 Å². The molecule has 3 rings (SSSR count). The van der Waals surface area contributed by atoms with Crippen LogP contribution in [0.4, 0.5) is 4.79 Å². The number of fused-ring (bicyclic) bond motifs is 2. The van der Waals surface area contributed by atoms with Crippen LogP contribution >= 0.6 is 0 Å². The van der Waals surface area contributed by atoms with Gasteiger partial charge in [0.1, 0.15) is 0 Å². The highest BCUT2D eigenvalue weighted by Gasteiger charge is 2.39. The SMILES string of the molecule is CN1CCN(C(=O)N2C3C=CCC2CC3)CC1. The molecular weight excluding hydrogens is 214 g/mol. The molecule has 2 fully saturated rings. The Labute approximate surface area is 103 Å². The van der Waals surface area contributed by atoms with E-state index in [4.69, 9.17) is 0 Å². The van der Waals surface area contributed by atoms with Crippen LogP contribution in [0.2, 0.25) is 0 Å². The Bertz CT molecular complexity index is 334. The lowest BCUT2D eigenvalue weighted by Crippen LogP contribution is -2.55. The summed E-state index contributed by atoms with van der Waals surface area (Å²) in [5.74, 6) is 0. The minimum atomic E-state index is 0.273. The van der Waals surface area contributed by atoms with E-state index in [0.29, 0.717) is 12.1 Å². The second-order valence-corrected chi connectivity index (χ2v) is 5.44. The maximum absolute atomic E-state index is 12.5. The number of likely N-dealkylation sites (N-methyl/N-ethyl adjacent to an activating group) is 1. The van der Waals surface area contributed by atoms with Crippen LogP contribution in [0.25, 0.3) is 0 Å². The van der Waals surface area contributed by atoms with Gasteiger partial charge in [-0.15, -0.1) is 0 Å². The molecule has 0 aliphatic carbocycles. The maximum Gasteiger partial charge on any atom is 0.320 e. The minimum absolute atomic E-state index is 0.273. The first-order chi connectivity index (χ1) is 8.25. The van der Waals surface area contributed by atoms with Crippen molar-refractivity contribution < 1.29 is 4.79 Å². The summed E-state index contributed by atoms with van der Waals surface area (Å²) in [5.41, 5.74) is 0. The predicted octanol–water partition coefficient (Wildman–Crippen LogP) is 1.15. The standard InChI is InChI=1S/C13H21N3O/c1-14-7-9-15(10-8-14)13(17)16-11-3-2-4-12(16)6-5-11/h2-3,11-12H,4-10H2,1H3. The van der Waals surface area contributed by atoms with Crippen LogP contribution in [0.1, 0.15) is 19.3 Å². The molecule has 4 heteroatoms. The fourth-order valence-corrected chi connectivity index (χ4v) is 3.18. The Morgan fingerprint density at radius 1 is 1.18 bits per heavy atom. The summed E-state index contributed by atoms with van der Waals surface area (Å²) >= 11 is 0. The average Bonchev–Trinajstić information content (AvgIpc) is 2.59. The van der Waals surface area contributed by atoms with Crippen LogP contribution in [0.15, 0.2) is 12.2 Å². The van der Waals surface area contributed by atoms with Gasteiger partial charge in [-0.25, -0.2) is 4.79 Å². The molecule has 3 aliphatic rings. The number of hydrogen-bond acceptors (Lipinski definition) is 2. The Kier molecular flexibility index (Phi) is 2.82. The summed E-state index contributed by atoms with van der Waals surface area (Å²) in [6.45, 7) is 3.78. The number of carbonyl (C=O) groups excluding carboxylic acids is 1. The van der Waals surface area contributed by atoms with Crippen molar-refractivity contribution in [3.05, 3.63) is 12.2 Å². The van der Waals surface area contributed by atoms with Gasteiger partial charge in [-0.1, -0.05) is 12.2 Å². The van der Waals surface area contributed by atoms with Gasteiger partial charge in [-0.2, -0.15) is 0 Å². The summed E-state index contributed by atoms with van der Waals surface area (Å²) < 4.78 is 0. The maximum atomic E-state index is 12.5. The first-order valence-electron chi connectivity index (χ1n) is 6.68. The largest absolute Gasteiger partial charge is 0.322 e. The van der Waals surface area contributed by atoms with Crippen molar-refractivity contribution >= 4 is 6.03 Å². The molecular formula is C13H21N3O. The first-order valence-corrected chi connectivity index (χ1v) is 6.68. The molecule has 0 spiro atoms. The Morgan fingerprint density at radius 2 is 1.94 bits per heavy atom. The third-order valence-electron chi connectivity index (χ3n) is 4.31. The van der Waals surface area contributed by atoms with Gasteiger partial charge in [0.15, 0.2) is 0 Å². The van der Waals surface area contributed by atoms with Crippen LogP contribution in [0.5, 0.6) is 0 Å². The van der Waals surface area contributed by atoms with E-state index in [1.165, 1.54) is 6.42 Å².